The third-order valence-electron chi connectivity index (χ3n) is 5.04. The van der Waals surface area contributed by atoms with Gasteiger partial charge in [-0.2, -0.15) is 0 Å². The van der Waals surface area contributed by atoms with Crippen LogP contribution in [0.1, 0.15) is 46.9 Å². The van der Waals surface area contributed by atoms with Crippen molar-refractivity contribution in [2.45, 2.75) is 32.7 Å². The predicted octanol–water partition coefficient (Wildman–Crippen LogP) is 3.36. The molecule has 4 rings (SSSR count). The molecule has 3 heterocycles. The van der Waals surface area contributed by atoms with E-state index in [0.717, 1.165) is 47.0 Å². The SMILES string of the molecule is COc1ccc(C(=O)Nc2c(C(C)C)nc3ccccn23)c2c1CNCC2. The van der Waals surface area contributed by atoms with Crippen LogP contribution in [0.25, 0.3) is 5.65 Å². The van der Waals surface area contributed by atoms with E-state index in [2.05, 4.69) is 24.5 Å². The Morgan fingerprint density at radius 3 is 2.89 bits per heavy atom. The molecule has 6 heteroatoms. The molecule has 0 saturated carbocycles. The van der Waals surface area contributed by atoms with E-state index >= 15 is 0 Å². The van der Waals surface area contributed by atoms with E-state index in [-0.39, 0.29) is 11.8 Å². The van der Waals surface area contributed by atoms with E-state index in [1.807, 2.05) is 40.9 Å². The number of nitrogens with zero attached hydrogens (tertiary/aromatic N) is 2. The Hall–Kier alpha value is -2.86. The summed E-state index contributed by atoms with van der Waals surface area (Å²) in [5.74, 6) is 1.66. The molecule has 0 radical (unpaired) electrons. The molecule has 2 aromatic heterocycles. The molecule has 1 aromatic carbocycles. The van der Waals surface area contributed by atoms with Gasteiger partial charge in [0.2, 0.25) is 0 Å². The second kappa shape index (κ2) is 7.04. The largest absolute Gasteiger partial charge is 0.496 e. The minimum absolute atomic E-state index is 0.108. The lowest BCUT2D eigenvalue weighted by Gasteiger charge is -2.22. The predicted molar refractivity (Wildman–Crippen MR) is 106 cm³/mol. The average Bonchev–Trinajstić information content (AvgIpc) is 3.06. The van der Waals surface area contributed by atoms with E-state index in [0.29, 0.717) is 12.1 Å². The number of hydrogen-bond acceptors (Lipinski definition) is 4. The van der Waals surface area contributed by atoms with Crippen molar-refractivity contribution in [2.24, 2.45) is 0 Å². The van der Waals surface area contributed by atoms with Crippen molar-refractivity contribution in [1.29, 1.82) is 0 Å². The van der Waals surface area contributed by atoms with Gasteiger partial charge in [0, 0.05) is 23.9 Å². The number of methoxy groups -OCH3 is 1. The molecule has 140 valence electrons. The van der Waals surface area contributed by atoms with Crippen LogP contribution in [0, 0.1) is 0 Å². The van der Waals surface area contributed by atoms with Crippen LogP contribution < -0.4 is 15.4 Å². The van der Waals surface area contributed by atoms with Gasteiger partial charge in [0.15, 0.2) is 0 Å². The van der Waals surface area contributed by atoms with Crippen molar-refractivity contribution < 1.29 is 9.53 Å². The van der Waals surface area contributed by atoms with E-state index in [4.69, 9.17) is 9.72 Å². The summed E-state index contributed by atoms with van der Waals surface area (Å²) in [4.78, 5) is 17.9. The summed E-state index contributed by atoms with van der Waals surface area (Å²) < 4.78 is 7.41. The number of rotatable bonds is 4. The van der Waals surface area contributed by atoms with Gasteiger partial charge in [-0.05, 0) is 48.7 Å². The van der Waals surface area contributed by atoms with Crippen LogP contribution in [0.5, 0.6) is 5.75 Å². The van der Waals surface area contributed by atoms with Crippen LogP contribution in [0.4, 0.5) is 5.82 Å². The fourth-order valence-corrected chi connectivity index (χ4v) is 3.70. The number of imidazole rings is 1. The second-order valence-electron chi connectivity index (χ2n) is 7.08. The maximum Gasteiger partial charge on any atom is 0.257 e. The second-order valence-corrected chi connectivity index (χ2v) is 7.08. The maximum atomic E-state index is 13.2. The molecule has 1 amide bonds. The Morgan fingerprint density at radius 2 is 2.11 bits per heavy atom. The number of carbonyl (C=O) groups excluding carboxylic acids is 1. The first kappa shape index (κ1) is 17.5. The number of fused-ring (bicyclic) bond motifs is 2. The maximum absolute atomic E-state index is 13.2. The van der Waals surface area contributed by atoms with E-state index in [9.17, 15) is 4.79 Å². The van der Waals surface area contributed by atoms with Crippen LogP contribution in [-0.2, 0) is 13.0 Å². The molecule has 0 aliphatic carbocycles. The number of ether oxygens (including phenoxy) is 1. The molecule has 0 fully saturated rings. The van der Waals surface area contributed by atoms with Gasteiger partial charge >= 0.3 is 0 Å². The zero-order valence-electron chi connectivity index (χ0n) is 15.9. The van der Waals surface area contributed by atoms with Crippen LogP contribution in [-0.4, -0.2) is 28.9 Å². The highest BCUT2D eigenvalue weighted by atomic mass is 16.5. The number of benzene rings is 1. The summed E-state index contributed by atoms with van der Waals surface area (Å²) in [5.41, 5.74) is 4.55. The monoisotopic (exact) mass is 364 g/mol. The smallest absolute Gasteiger partial charge is 0.257 e. The number of nitrogens with one attached hydrogen (secondary N) is 2. The van der Waals surface area contributed by atoms with E-state index < -0.39 is 0 Å². The summed E-state index contributed by atoms with van der Waals surface area (Å²) in [7, 11) is 1.66. The first-order chi connectivity index (χ1) is 13.1. The van der Waals surface area contributed by atoms with Gasteiger partial charge in [0.25, 0.3) is 5.91 Å². The Balaban J connectivity index is 1.76. The summed E-state index contributed by atoms with van der Waals surface area (Å²) in [6, 6.07) is 9.57. The van der Waals surface area contributed by atoms with Gasteiger partial charge in [-0.1, -0.05) is 19.9 Å². The minimum Gasteiger partial charge on any atom is -0.496 e. The topological polar surface area (TPSA) is 67.7 Å². The summed E-state index contributed by atoms with van der Waals surface area (Å²) in [5, 5.41) is 6.47. The molecular weight excluding hydrogens is 340 g/mol. The normalized spacial score (nSPS) is 13.6. The summed E-state index contributed by atoms with van der Waals surface area (Å²) in [6.45, 7) is 5.73. The Bertz CT molecular complexity index is 1010. The highest BCUT2D eigenvalue weighted by Gasteiger charge is 2.23. The third kappa shape index (κ3) is 3.06. The molecule has 0 atom stereocenters. The molecular formula is C21H24N4O2. The van der Waals surface area contributed by atoms with Gasteiger partial charge in [0.05, 0.1) is 12.8 Å². The van der Waals surface area contributed by atoms with Gasteiger partial charge < -0.3 is 15.4 Å². The zero-order valence-corrected chi connectivity index (χ0v) is 15.9. The number of aromatic nitrogens is 2. The Morgan fingerprint density at radius 1 is 1.26 bits per heavy atom. The lowest BCUT2D eigenvalue weighted by Crippen LogP contribution is -2.27. The molecule has 0 spiro atoms. The van der Waals surface area contributed by atoms with Gasteiger partial charge in [-0.15, -0.1) is 0 Å². The fraction of sp³-hybridized carbons (Fsp3) is 0.333. The molecule has 0 bridgehead atoms. The average molecular weight is 364 g/mol. The van der Waals surface area contributed by atoms with E-state index in [1.54, 1.807) is 7.11 Å². The molecule has 27 heavy (non-hydrogen) atoms. The molecule has 3 aromatic rings. The lowest BCUT2D eigenvalue weighted by molar-refractivity contribution is 0.102. The van der Waals surface area contributed by atoms with Crippen molar-refractivity contribution in [1.82, 2.24) is 14.7 Å². The van der Waals surface area contributed by atoms with Crippen LogP contribution in [0.2, 0.25) is 0 Å². The quantitative estimate of drug-likeness (QED) is 0.745. The lowest BCUT2D eigenvalue weighted by atomic mass is 9.94. The highest BCUT2D eigenvalue weighted by molar-refractivity contribution is 6.06. The van der Waals surface area contributed by atoms with Crippen LogP contribution in [0.3, 0.4) is 0 Å². The van der Waals surface area contributed by atoms with Crippen molar-refractivity contribution in [3.8, 4) is 5.75 Å². The van der Waals surface area contributed by atoms with E-state index in [1.165, 1.54) is 0 Å². The van der Waals surface area contributed by atoms with Crippen LogP contribution >= 0.6 is 0 Å². The first-order valence-corrected chi connectivity index (χ1v) is 9.28. The molecule has 1 aliphatic rings. The minimum atomic E-state index is -0.108. The number of amides is 1. The molecule has 0 unspecified atom stereocenters. The third-order valence-corrected chi connectivity index (χ3v) is 5.04. The first-order valence-electron chi connectivity index (χ1n) is 9.28. The number of pyridine rings is 1. The van der Waals surface area contributed by atoms with Crippen LogP contribution in [0.15, 0.2) is 36.5 Å². The summed E-state index contributed by atoms with van der Waals surface area (Å²) in [6.07, 6.45) is 2.73. The number of hydrogen-bond donors (Lipinski definition) is 2. The zero-order chi connectivity index (χ0) is 19.0. The van der Waals surface area contributed by atoms with Crippen molar-refractivity contribution in [2.75, 3.05) is 19.0 Å². The number of anilines is 1. The molecule has 2 N–H and O–H groups in total. The molecule has 0 saturated heterocycles. The van der Waals surface area contributed by atoms with Gasteiger partial charge in [-0.3, -0.25) is 9.20 Å². The summed E-state index contributed by atoms with van der Waals surface area (Å²) >= 11 is 0. The number of carbonyl (C=O) groups is 1. The fourth-order valence-electron chi connectivity index (χ4n) is 3.70. The van der Waals surface area contributed by atoms with Crippen molar-refractivity contribution in [3.05, 3.63) is 58.9 Å². The van der Waals surface area contributed by atoms with Crippen molar-refractivity contribution in [3.63, 3.8) is 0 Å². The van der Waals surface area contributed by atoms with Crippen molar-refractivity contribution >= 4 is 17.4 Å². The molecule has 6 nitrogen and oxygen atoms in total. The Kier molecular flexibility index (Phi) is 4.58. The highest BCUT2D eigenvalue weighted by Crippen LogP contribution is 2.30. The van der Waals surface area contributed by atoms with Gasteiger partial charge in [0.1, 0.15) is 17.2 Å². The van der Waals surface area contributed by atoms with Gasteiger partial charge in [-0.25, -0.2) is 4.98 Å². The molecule has 1 aliphatic heterocycles. The standard InChI is InChI=1S/C21H24N4O2/c1-13(2)19-20(25-11-5-4-6-18(25)23-19)24-21(26)15-7-8-17(27-3)16-12-22-10-9-14(15)16/h4-8,11,13,22H,9-10,12H2,1-3H3,(H,24,26). The Labute approximate surface area is 158 Å².